The summed E-state index contributed by atoms with van der Waals surface area (Å²) < 4.78 is 0. The molecular formula is C12H22N2O3. The van der Waals surface area contributed by atoms with Crippen LogP contribution in [0.4, 0.5) is 0 Å². The van der Waals surface area contributed by atoms with Crippen LogP contribution >= 0.6 is 0 Å². The summed E-state index contributed by atoms with van der Waals surface area (Å²) in [5.74, 6) is -0.682. The van der Waals surface area contributed by atoms with Crippen LogP contribution in [0.25, 0.3) is 0 Å². The van der Waals surface area contributed by atoms with E-state index in [1.165, 1.54) is 0 Å². The molecule has 5 nitrogen and oxygen atoms in total. The van der Waals surface area contributed by atoms with E-state index in [0.29, 0.717) is 25.7 Å². The molecule has 17 heavy (non-hydrogen) atoms. The fourth-order valence-electron chi connectivity index (χ4n) is 2.56. The highest BCUT2D eigenvalue weighted by Gasteiger charge is 2.45. The molecule has 1 N–H and O–H groups in total. The van der Waals surface area contributed by atoms with E-state index < -0.39 is 11.5 Å². The molecule has 0 aromatic heterocycles. The third-order valence-corrected chi connectivity index (χ3v) is 3.86. The number of rotatable bonds is 3. The SMILES string of the molecule is CN(C)C(=O)C1CCC(C(=O)O)(N(C)C)CC1. The summed E-state index contributed by atoms with van der Waals surface area (Å²) in [5, 5.41) is 9.36. The predicted molar refractivity (Wildman–Crippen MR) is 64.7 cm³/mol. The molecule has 1 rings (SSSR count). The largest absolute Gasteiger partial charge is 0.480 e. The van der Waals surface area contributed by atoms with E-state index >= 15 is 0 Å². The number of likely N-dealkylation sites (N-methyl/N-ethyl adjacent to an activating group) is 1. The van der Waals surface area contributed by atoms with Crippen molar-refractivity contribution in [2.24, 2.45) is 5.92 Å². The van der Waals surface area contributed by atoms with Gasteiger partial charge in [0.1, 0.15) is 5.54 Å². The summed E-state index contributed by atoms with van der Waals surface area (Å²) in [5.41, 5.74) is -0.789. The molecule has 0 heterocycles. The molecule has 0 aromatic rings. The second-order valence-corrected chi connectivity index (χ2v) is 5.24. The number of nitrogens with zero attached hydrogens (tertiary/aromatic N) is 2. The highest BCUT2D eigenvalue weighted by atomic mass is 16.4. The highest BCUT2D eigenvalue weighted by Crippen LogP contribution is 2.36. The Hall–Kier alpha value is -1.10. The van der Waals surface area contributed by atoms with E-state index in [1.54, 1.807) is 38.0 Å². The van der Waals surface area contributed by atoms with Gasteiger partial charge in [-0.3, -0.25) is 14.5 Å². The summed E-state index contributed by atoms with van der Waals surface area (Å²) in [6.45, 7) is 0. The fourth-order valence-corrected chi connectivity index (χ4v) is 2.56. The average Bonchev–Trinajstić information content (AvgIpc) is 2.27. The van der Waals surface area contributed by atoms with Crippen molar-refractivity contribution in [2.45, 2.75) is 31.2 Å². The normalized spacial score (nSPS) is 29.1. The minimum Gasteiger partial charge on any atom is -0.480 e. The minimum atomic E-state index is -0.789. The van der Waals surface area contributed by atoms with Gasteiger partial charge >= 0.3 is 5.97 Å². The summed E-state index contributed by atoms with van der Waals surface area (Å²) in [6, 6.07) is 0. The van der Waals surface area contributed by atoms with Crippen molar-refractivity contribution in [3.05, 3.63) is 0 Å². The van der Waals surface area contributed by atoms with Crippen molar-refractivity contribution in [2.75, 3.05) is 28.2 Å². The number of carbonyl (C=O) groups is 2. The Labute approximate surface area is 102 Å². The van der Waals surface area contributed by atoms with Gasteiger partial charge in [0.05, 0.1) is 0 Å². The molecule has 5 heteroatoms. The standard InChI is InChI=1S/C12H22N2O3/c1-13(2)10(15)9-5-7-12(8-6-9,11(16)17)14(3)4/h9H,5-8H2,1-4H3,(H,16,17). The number of hydrogen-bond donors (Lipinski definition) is 1. The van der Waals surface area contributed by atoms with Gasteiger partial charge in [-0.1, -0.05) is 0 Å². The Morgan fingerprint density at radius 2 is 1.59 bits per heavy atom. The molecule has 0 aliphatic heterocycles. The Morgan fingerprint density at radius 3 is 1.88 bits per heavy atom. The molecule has 1 aliphatic rings. The van der Waals surface area contributed by atoms with Gasteiger partial charge in [0, 0.05) is 20.0 Å². The van der Waals surface area contributed by atoms with Crippen molar-refractivity contribution < 1.29 is 14.7 Å². The molecule has 1 aliphatic carbocycles. The molecule has 0 saturated heterocycles. The fraction of sp³-hybridized carbons (Fsp3) is 0.833. The monoisotopic (exact) mass is 242 g/mol. The van der Waals surface area contributed by atoms with Crippen molar-refractivity contribution in [1.29, 1.82) is 0 Å². The number of carboxylic acid groups (broad SMARTS) is 1. The summed E-state index contributed by atoms with van der Waals surface area (Å²) in [7, 11) is 7.07. The molecule has 0 unspecified atom stereocenters. The summed E-state index contributed by atoms with van der Waals surface area (Å²) in [4.78, 5) is 26.6. The van der Waals surface area contributed by atoms with Crippen molar-refractivity contribution >= 4 is 11.9 Å². The number of carbonyl (C=O) groups excluding carboxylic acids is 1. The average molecular weight is 242 g/mol. The Morgan fingerprint density at radius 1 is 1.12 bits per heavy atom. The number of hydrogen-bond acceptors (Lipinski definition) is 3. The zero-order valence-electron chi connectivity index (χ0n) is 11.1. The van der Waals surface area contributed by atoms with E-state index in [9.17, 15) is 14.7 Å². The third-order valence-electron chi connectivity index (χ3n) is 3.86. The second kappa shape index (κ2) is 5.04. The molecule has 98 valence electrons. The van der Waals surface area contributed by atoms with Gasteiger partial charge in [0.15, 0.2) is 0 Å². The van der Waals surface area contributed by atoms with Crippen LogP contribution in [0.2, 0.25) is 0 Å². The van der Waals surface area contributed by atoms with Crippen molar-refractivity contribution in [3.63, 3.8) is 0 Å². The smallest absolute Gasteiger partial charge is 0.324 e. The molecule has 1 saturated carbocycles. The van der Waals surface area contributed by atoms with Crippen LogP contribution in [0.3, 0.4) is 0 Å². The van der Waals surface area contributed by atoms with E-state index in [0.717, 1.165) is 0 Å². The van der Waals surface area contributed by atoms with E-state index in [-0.39, 0.29) is 11.8 Å². The zero-order chi connectivity index (χ0) is 13.2. The van der Waals surface area contributed by atoms with E-state index in [1.807, 2.05) is 0 Å². The lowest BCUT2D eigenvalue weighted by Crippen LogP contribution is -2.54. The second-order valence-electron chi connectivity index (χ2n) is 5.24. The van der Waals surface area contributed by atoms with E-state index in [2.05, 4.69) is 0 Å². The van der Waals surface area contributed by atoms with Crippen molar-refractivity contribution in [1.82, 2.24) is 9.80 Å². The van der Waals surface area contributed by atoms with Gasteiger partial charge in [-0.25, -0.2) is 0 Å². The first-order valence-corrected chi connectivity index (χ1v) is 5.93. The lowest BCUT2D eigenvalue weighted by molar-refractivity contribution is -0.154. The molecule has 0 aromatic carbocycles. The highest BCUT2D eigenvalue weighted by molar-refractivity contribution is 5.81. The molecular weight excluding hydrogens is 220 g/mol. The first kappa shape index (κ1) is 14.0. The van der Waals surface area contributed by atoms with Gasteiger partial charge in [-0.2, -0.15) is 0 Å². The Kier molecular flexibility index (Phi) is 4.14. The first-order chi connectivity index (χ1) is 7.81. The predicted octanol–water partition coefficient (Wildman–Crippen LogP) is 0.650. The molecule has 0 bridgehead atoms. The van der Waals surface area contributed by atoms with Crippen LogP contribution < -0.4 is 0 Å². The number of amides is 1. The summed E-state index contributed by atoms with van der Waals surface area (Å²) >= 11 is 0. The Bertz CT molecular complexity index is 305. The van der Waals surface area contributed by atoms with Gasteiger partial charge in [-0.05, 0) is 39.8 Å². The lowest BCUT2D eigenvalue weighted by Gasteiger charge is -2.41. The quantitative estimate of drug-likeness (QED) is 0.789. The Balaban J connectivity index is 2.72. The zero-order valence-corrected chi connectivity index (χ0v) is 11.1. The lowest BCUT2D eigenvalue weighted by atomic mass is 9.75. The number of aliphatic carboxylic acids is 1. The van der Waals surface area contributed by atoms with Gasteiger partial charge in [-0.15, -0.1) is 0 Å². The van der Waals surface area contributed by atoms with Crippen LogP contribution in [0.15, 0.2) is 0 Å². The van der Waals surface area contributed by atoms with E-state index in [4.69, 9.17) is 0 Å². The van der Waals surface area contributed by atoms with Gasteiger partial charge < -0.3 is 10.0 Å². The molecule has 0 atom stereocenters. The minimum absolute atomic E-state index is 0.0163. The van der Waals surface area contributed by atoms with Crippen LogP contribution in [0, 0.1) is 5.92 Å². The van der Waals surface area contributed by atoms with Crippen LogP contribution in [-0.2, 0) is 9.59 Å². The third kappa shape index (κ3) is 2.60. The van der Waals surface area contributed by atoms with Crippen LogP contribution in [0.5, 0.6) is 0 Å². The van der Waals surface area contributed by atoms with Crippen LogP contribution in [-0.4, -0.2) is 60.5 Å². The summed E-state index contributed by atoms with van der Waals surface area (Å²) in [6.07, 6.45) is 2.39. The maximum absolute atomic E-state index is 11.8. The molecule has 1 amide bonds. The maximum atomic E-state index is 11.8. The van der Waals surface area contributed by atoms with Gasteiger partial charge in [0.2, 0.25) is 5.91 Å². The van der Waals surface area contributed by atoms with Crippen LogP contribution in [0.1, 0.15) is 25.7 Å². The van der Waals surface area contributed by atoms with Gasteiger partial charge in [0.25, 0.3) is 0 Å². The maximum Gasteiger partial charge on any atom is 0.324 e. The molecule has 1 fully saturated rings. The molecule has 0 spiro atoms. The topological polar surface area (TPSA) is 60.9 Å². The molecule has 0 radical (unpaired) electrons. The number of carboxylic acids is 1. The van der Waals surface area contributed by atoms with Crippen molar-refractivity contribution in [3.8, 4) is 0 Å². The first-order valence-electron chi connectivity index (χ1n) is 5.93.